The van der Waals surface area contributed by atoms with E-state index in [1.807, 2.05) is 36.4 Å². The molecule has 0 aliphatic carbocycles. The van der Waals surface area contributed by atoms with E-state index in [0.717, 1.165) is 5.56 Å². The van der Waals surface area contributed by atoms with Gasteiger partial charge in [0.25, 0.3) is 0 Å². The summed E-state index contributed by atoms with van der Waals surface area (Å²) in [5.74, 6) is 0.364. The van der Waals surface area contributed by atoms with Crippen LogP contribution in [0.4, 0.5) is 0 Å². The lowest BCUT2D eigenvalue weighted by Gasteiger charge is -2.03. The molecular formula is C15H14O2. The van der Waals surface area contributed by atoms with Gasteiger partial charge in [-0.3, -0.25) is 0 Å². The van der Waals surface area contributed by atoms with E-state index in [9.17, 15) is 10.2 Å². The van der Waals surface area contributed by atoms with Gasteiger partial charge in [-0.05, 0) is 30.2 Å². The van der Waals surface area contributed by atoms with Gasteiger partial charge >= 0.3 is 0 Å². The van der Waals surface area contributed by atoms with Crippen LogP contribution in [0.5, 0.6) is 11.5 Å². The molecule has 86 valence electrons. The van der Waals surface area contributed by atoms with Crippen molar-refractivity contribution in [1.82, 2.24) is 0 Å². The van der Waals surface area contributed by atoms with E-state index >= 15 is 0 Å². The molecule has 2 heteroatoms. The second-order valence-electron chi connectivity index (χ2n) is 3.94. The first-order valence-corrected chi connectivity index (χ1v) is 5.42. The monoisotopic (exact) mass is 226 g/mol. The Hall–Kier alpha value is -2.22. The standard InChI is InChI=1S/C15H14O2/c1-11-9-15(17)13(10-14(11)16)8-7-12-5-3-2-4-6-12/h2-10,16-17H,1H3/b8-7+. The molecule has 0 unspecified atom stereocenters. The molecule has 0 bridgehead atoms. The Kier molecular flexibility index (Phi) is 3.15. The Morgan fingerprint density at radius 3 is 2.29 bits per heavy atom. The Morgan fingerprint density at radius 2 is 1.59 bits per heavy atom. The highest BCUT2D eigenvalue weighted by Crippen LogP contribution is 2.27. The predicted octanol–water partition coefficient (Wildman–Crippen LogP) is 3.58. The van der Waals surface area contributed by atoms with Crippen molar-refractivity contribution in [1.29, 1.82) is 0 Å². The topological polar surface area (TPSA) is 40.5 Å². The van der Waals surface area contributed by atoms with Crippen molar-refractivity contribution in [2.24, 2.45) is 0 Å². The van der Waals surface area contributed by atoms with Gasteiger partial charge in [-0.25, -0.2) is 0 Å². The highest BCUT2D eigenvalue weighted by Gasteiger charge is 2.02. The first-order chi connectivity index (χ1) is 8.16. The van der Waals surface area contributed by atoms with E-state index in [2.05, 4.69) is 0 Å². The maximum absolute atomic E-state index is 9.73. The van der Waals surface area contributed by atoms with Crippen molar-refractivity contribution in [2.75, 3.05) is 0 Å². The van der Waals surface area contributed by atoms with Crippen molar-refractivity contribution >= 4 is 12.2 Å². The minimum atomic E-state index is 0.174. The van der Waals surface area contributed by atoms with E-state index < -0.39 is 0 Å². The molecule has 0 saturated carbocycles. The molecule has 2 nitrogen and oxygen atoms in total. The van der Waals surface area contributed by atoms with Gasteiger partial charge in [-0.2, -0.15) is 0 Å². The van der Waals surface area contributed by atoms with Gasteiger partial charge in [0.15, 0.2) is 0 Å². The van der Waals surface area contributed by atoms with E-state index in [1.54, 1.807) is 25.1 Å². The predicted molar refractivity (Wildman–Crippen MR) is 69.9 cm³/mol. The average molecular weight is 226 g/mol. The lowest BCUT2D eigenvalue weighted by molar-refractivity contribution is 0.456. The second-order valence-corrected chi connectivity index (χ2v) is 3.94. The molecule has 2 aromatic carbocycles. The molecular weight excluding hydrogens is 212 g/mol. The maximum Gasteiger partial charge on any atom is 0.123 e. The third-order valence-corrected chi connectivity index (χ3v) is 2.60. The summed E-state index contributed by atoms with van der Waals surface area (Å²) in [4.78, 5) is 0. The Bertz CT molecular complexity index is 542. The summed E-state index contributed by atoms with van der Waals surface area (Å²) < 4.78 is 0. The van der Waals surface area contributed by atoms with Crippen LogP contribution in [0.2, 0.25) is 0 Å². The minimum absolute atomic E-state index is 0.174. The van der Waals surface area contributed by atoms with Gasteiger partial charge in [0.2, 0.25) is 0 Å². The number of hydrogen-bond donors (Lipinski definition) is 2. The summed E-state index contributed by atoms with van der Waals surface area (Å²) >= 11 is 0. The van der Waals surface area contributed by atoms with Gasteiger partial charge in [-0.1, -0.05) is 42.5 Å². The minimum Gasteiger partial charge on any atom is -0.508 e. The number of rotatable bonds is 2. The highest BCUT2D eigenvalue weighted by molar-refractivity contribution is 5.73. The van der Waals surface area contributed by atoms with Gasteiger partial charge in [0.05, 0.1) is 0 Å². The van der Waals surface area contributed by atoms with Crippen LogP contribution in [0.3, 0.4) is 0 Å². The summed E-state index contributed by atoms with van der Waals surface area (Å²) in [6, 6.07) is 12.9. The SMILES string of the molecule is Cc1cc(O)c(/C=C/c2ccccc2)cc1O. The lowest BCUT2D eigenvalue weighted by Crippen LogP contribution is -1.79. The van der Waals surface area contributed by atoms with Crippen molar-refractivity contribution in [2.45, 2.75) is 6.92 Å². The molecule has 17 heavy (non-hydrogen) atoms. The Balaban J connectivity index is 2.31. The summed E-state index contributed by atoms with van der Waals surface area (Å²) in [7, 11) is 0. The molecule has 0 heterocycles. The molecule has 0 spiro atoms. The number of aryl methyl sites for hydroxylation is 1. The van der Waals surface area contributed by atoms with Crippen LogP contribution in [-0.4, -0.2) is 10.2 Å². The molecule has 2 N–H and O–H groups in total. The molecule has 0 fully saturated rings. The molecule has 0 amide bonds. The normalized spacial score (nSPS) is 10.9. The lowest BCUT2D eigenvalue weighted by atomic mass is 10.1. The third-order valence-electron chi connectivity index (χ3n) is 2.60. The molecule has 2 rings (SSSR count). The zero-order valence-electron chi connectivity index (χ0n) is 9.59. The summed E-state index contributed by atoms with van der Waals surface area (Å²) in [6.07, 6.45) is 3.67. The van der Waals surface area contributed by atoms with Crippen LogP contribution in [0.15, 0.2) is 42.5 Å². The Morgan fingerprint density at radius 1 is 0.882 bits per heavy atom. The number of phenolic OH excluding ortho intramolecular Hbond substituents is 2. The van der Waals surface area contributed by atoms with E-state index in [1.165, 1.54) is 0 Å². The first-order valence-electron chi connectivity index (χ1n) is 5.42. The molecule has 2 aromatic rings. The molecule has 0 atom stereocenters. The fourth-order valence-corrected chi connectivity index (χ4v) is 1.58. The molecule has 0 aliphatic heterocycles. The first kappa shape index (κ1) is 11.3. The van der Waals surface area contributed by atoms with E-state index in [0.29, 0.717) is 11.1 Å². The van der Waals surface area contributed by atoms with Crippen LogP contribution in [0.25, 0.3) is 12.2 Å². The fraction of sp³-hybridized carbons (Fsp3) is 0.0667. The summed E-state index contributed by atoms with van der Waals surface area (Å²) in [5, 5.41) is 19.3. The van der Waals surface area contributed by atoms with Gasteiger partial charge < -0.3 is 10.2 Å². The average Bonchev–Trinajstić information content (AvgIpc) is 2.33. The van der Waals surface area contributed by atoms with Crippen molar-refractivity contribution < 1.29 is 10.2 Å². The van der Waals surface area contributed by atoms with Crippen LogP contribution in [0, 0.1) is 6.92 Å². The van der Waals surface area contributed by atoms with Crippen LogP contribution >= 0.6 is 0 Å². The number of hydrogen-bond acceptors (Lipinski definition) is 2. The molecule has 0 aliphatic rings. The van der Waals surface area contributed by atoms with Gasteiger partial charge in [0.1, 0.15) is 11.5 Å². The van der Waals surface area contributed by atoms with E-state index in [4.69, 9.17) is 0 Å². The number of aromatic hydroxyl groups is 2. The summed E-state index contributed by atoms with van der Waals surface area (Å²) in [6.45, 7) is 1.75. The smallest absolute Gasteiger partial charge is 0.123 e. The molecule has 0 radical (unpaired) electrons. The third kappa shape index (κ3) is 2.67. The van der Waals surface area contributed by atoms with Crippen LogP contribution in [0.1, 0.15) is 16.7 Å². The molecule has 0 saturated heterocycles. The highest BCUT2D eigenvalue weighted by atomic mass is 16.3. The zero-order chi connectivity index (χ0) is 12.3. The number of benzene rings is 2. The second kappa shape index (κ2) is 4.74. The van der Waals surface area contributed by atoms with Gasteiger partial charge in [0, 0.05) is 5.56 Å². The van der Waals surface area contributed by atoms with Crippen molar-refractivity contribution in [3.63, 3.8) is 0 Å². The summed E-state index contributed by atoms with van der Waals surface area (Å²) in [5.41, 5.74) is 2.32. The van der Waals surface area contributed by atoms with Gasteiger partial charge in [-0.15, -0.1) is 0 Å². The quantitative estimate of drug-likeness (QED) is 0.607. The maximum atomic E-state index is 9.73. The zero-order valence-corrected chi connectivity index (χ0v) is 9.59. The number of phenols is 2. The van der Waals surface area contributed by atoms with Crippen LogP contribution in [-0.2, 0) is 0 Å². The van der Waals surface area contributed by atoms with E-state index in [-0.39, 0.29) is 11.5 Å². The Labute approximate surface area is 100 Å². The molecule has 0 aromatic heterocycles. The van der Waals surface area contributed by atoms with Crippen LogP contribution < -0.4 is 0 Å². The van der Waals surface area contributed by atoms with Crippen molar-refractivity contribution in [3.8, 4) is 11.5 Å². The fourth-order valence-electron chi connectivity index (χ4n) is 1.58. The van der Waals surface area contributed by atoms with Crippen molar-refractivity contribution in [3.05, 3.63) is 59.2 Å². The largest absolute Gasteiger partial charge is 0.508 e.